The molecule has 1 fully saturated rings. The summed E-state index contributed by atoms with van der Waals surface area (Å²) in [6.45, 7) is 5.66. The first kappa shape index (κ1) is 18.7. The van der Waals surface area contributed by atoms with Crippen molar-refractivity contribution in [1.29, 1.82) is 0 Å². The molecule has 1 aromatic rings. The Labute approximate surface area is 145 Å². The normalized spacial score (nSPS) is 21.3. The zero-order chi connectivity index (χ0) is 15.6. The summed E-state index contributed by atoms with van der Waals surface area (Å²) in [4.78, 5) is 0. The fraction of sp³-hybridized carbons (Fsp3) is 0.625. The third-order valence-electron chi connectivity index (χ3n) is 4.93. The smallest absolute Gasteiger partial charge is 0.279 e. The van der Waals surface area contributed by atoms with E-state index in [1.54, 1.807) is 4.31 Å². The second-order valence-electron chi connectivity index (χ2n) is 6.74. The molecular weight excluding hydrogens is 334 g/mol. The van der Waals surface area contributed by atoms with Crippen molar-refractivity contribution in [3.05, 3.63) is 35.4 Å². The van der Waals surface area contributed by atoms with Gasteiger partial charge < -0.3 is 5.32 Å². The number of fused-ring (bicyclic) bond motifs is 1. The van der Waals surface area contributed by atoms with Gasteiger partial charge in [0.25, 0.3) is 10.2 Å². The Kier molecular flexibility index (Phi) is 6.08. The van der Waals surface area contributed by atoms with E-state index in [0.717, 1.165) is 37.9 Å². The number of rotatable bonds is 4. The molecule has 0 unspecified atom stereocenters. The zero-order valence-electron chi connectivity index (χ0n) is 13.5. The van der Waals surface area contributed by atoms with Gasteiger partial charge in [0.1, 0.15) is 0 Å². The van der Waals surface area contributed by atoms with Crippen LogP contribution in [0.5, 0.6) is 0 Å². The van der Waals surface area contributed by atoms with Crippen LogP contribution < -0.4 is 10.0 Å². The minimum Gasteiger partial charge on any atom is -0.317 e. The lowest BCUT2D eigenvalue weighted by Crippen LogP contribution is -2.48. The van der Waals surface area contributed by atoms with E-state index in [1.165, 1.54) is 5.56 Å². The molecular formula is C16H26ClN3O2S. The molecule has 3 rings (SSSR count). The Morgan fingerprint density at radius 3 is 2.57 bits per heavy atom. The second kappa shape index (κ2) is 7.49. The predicted octanol–water partition coefficient (Wildman–Crippen LogP) is 1.69. The average molecular weight is 360 g/mol. The lowest BCUT2D eigenvalue weighted by molar-refractivity contribution is 0.230. The summed E-state index contributed by atoms with van der Waals surface area (Å²) < 4.78 is 29.6. The largest absolute Gasteiger partial charge is 0.317 e. The topological polar surface area (TPSA) is 61.4 Å². The zero-order valence-corrected chi connectivity index (χ0v) is 15.2. The van der Waals surface area contributed by atoms with E-state index in [2.05, 4.69) is 23.0 Å². The average Bonchev–Trinajstić information content (AvgIpc) is 2.53. The van der Waals surface area contributed by atoms with E-state index in [9.17, 15) is 8.42 Å². The van der Waals surface area contributed by atoms with Crippen molar-refractivity contribution in [3.63, 3.8) is 0 Å². The number of nitrogens with one attached hydrogen (secondary N) is 2. The van der Waals surface area contributed by atoms with E-state index in [0.29, 0.717) is 19.6 Å². The molecule has 130 valence electrons. The lowest BCUT2D eigenvalue weighted by Gasteiger charge is -2.35. The molecule has 0 bridgehead atoms. The van der Waals surface area contributed by atoms with Crippen molar-refractivity contribution in [2.75, 3.05) is 26.2 Å². The molecule has 2 aliphatic heterocycles. The van der Waals surface area contributed by atoms with Gasteiger partial charge in [0.15, 0.2) is 0 Å². The number of halogens is 1. The van der Waals surface area contributed by atoms with E-state index in [4.69, 9.17) is 0 Å². The van der Waals surface area contributed by atoms with E-state index in [1.807, 2.05) is 18.2 Å². The molecule has 0 saturated carbocycles. The molecule has 0 spiro atoms. The first-order chi connectivity index (χ1) is 10.5. The van der Waals surface area contributed by atoms with Crippen LogP contribution in [0.25, 0.3) is 0 Å². The first-order valence-corrected chi connectivity index (χ1v) is 9.45. The molecule has 0 amide bonds. The number of benzene rings is 1. The van der Waals surface area contributed by atoms with Crippen LogP contribution in [0.3, 0.4) is 0 Å². The highest BCUT2D eigenvalue weighted by Crippen LogP contribution is 2.27. The molecule has 0 radical (unpaired) electrons. The number of hydrogen-bond acceptors (Lipinski definition) is 3. The maximum absolute atomic E-state index is 12.6. The van der Waals surface area contributed by atoms with Gasteiger partial charge in [-0.1, -0.05) is 31.2 Å². The second-order valence-corrected chi connectivity index (χ2v) is 8.49. The van der Waals surface area contributed by atoms with Gasteiger partial charge in [-0.05, 0) is 48.9 Å². The summed E-state index contributed by atoms with van der Waals surface area (Å²) >= 11 is 0. The summed E-state index contributed by atoms with van der Waals surface area (Å²) in [6.07, 6.45) is 2.81. The Morgan fingerprint density at radius 2 is 1.87 bits per heavy atom. The minimum absolute atomic E-state index is 0. The highest BCUT2D eigenvalue weighted by atomic mass is 35.5. The maximum Gasteiger partial charge on any atom is 0.279 e. The van der Waals surface area contributed by atoms with E-state index < -0.39 is 10.2 Å². The Hall–Kier alpha value is -0.660. The van der Waals surface area contributed by atoms with Crippen LogP contribution in [0.2, 0.25) is 0 Å². The van der Waals surface area contributed by atoms with E-state index >= 15 is 0 Å². The molecule has 7 heteroatoms. The molecule has 2 aliphatic rings. The van der Waals surface area contributed by atoms with Gasteiger partial charge in [-0.2, -0.15) is 12.7 Å². The van der Waals surface area contributed by atoms with Gasteiger partial charge in [-0.15, -0.1) is 12.4 Å². The fourth-order valence-electron chi connectivity index (χ4n) is 3.24. The third-order valence-corrected chi connectivity index (χ3v) is 6.43. The van der Waals surface area contributed by atoms with Crippen LogP contribution in [-0.2, 0) is 23.2 Å². The molecule has 23 heavy (non-hydrogen) atoms. The van der Waals surface area contributed by atoms with Gasteiger partial charge in [0.2, 0.25) is 0 Å². The van der Waals surface area contributed by atoms with E-state index in [-0.39, 0.29) is 17.8 Å². The Balaban J connectivity index is 0.00000192. The van der Waals surface area contributed by atoms with Gasteiger partial charge in [-0.3, -0.25) is 0 Å². The minimum atomic E-state index is -3.40. The highest BCUT2D eigenvalue weighted by Gasteiger charge is 2.31. The lowest BCUT2D eigenvalue weighted by atomic mass is 9.81. The van der Waals surface area contributed by atoms with Crippen molar-refractivity contribution >= 4 is 22.6 Å². The summed E-state index contributed by atoms with van der Waals surface area (Å²) in [5.74, 6) is 0. The van der Waals surface area contributed by atoms with Crippen LogP contribution in [0, 0.1) is 5.41 Å². The molecule has 2 N–H and O–H groups in total. The van der Waals surface area contributed by atoms with Crippen molar-refractivity contribution in [2.24, 2.45) is 5.41 Å². The van der Waals surface area contributed by atoms with Crippen molar-refractivity contribution < 1.29 is 8.42 Å². The van der Waals surface area contributed by atoms with Crippen LogP contribution in [0.1, 0.15) is 30.9 Å². The Bertz CT molecular complexity index is 630. The summed E-state index contributed by atoms with van der Waals surface area (Å²) in [7, 11) is -3.40. The standard InChI is InChI=1S/C16H25N3O2S.ClH/c1-16(7-9-17-10-8-16)13-18-22(20,21)19-11-6-14-4-2-3-5-15(14)12-19;/h2-5,17-18H,6-13H2,1H3;1H. The molecule has 0 atom stereocenters. The Morgan fingerprint density at radius 1 is 1.22 bits per heavy atom. The monoisotopic (exact) mass is 359 g/mol. The third kappa shape index (κ3) is 4.45. The quantitative estimate of drug-likeness (QED) is 0.860. The van der Waals surface area contributed by atoms with Crippen LogP contribution in [-0.4, -0.2) is 38.9 Å². The summed E-state index contributed by atoms with van der Waals surface area (Å²) in [5, 5.41) is 3.32. The van der Waals surface area contributed by atoms with Crippen molar-refractivity contribution in [3.8, 4) is 0 Å². The molecule has 2 heterocycles. The summed E-state index contributed by atoms with van der Waals surface area (Å²) in [5.41, 5.74) is 2.44. The molecule has 1 aromatic carbocycles. The predicted molar refractivity (Wildman–Crippen MR) is 94.9 cm³/mol. The highest BCUT2D eigenvalue weighted by molar-refractivity contribution is 7.87. The fourth-order valence-corrected chi connectivity index (χ4v) is 4.59. The number of hydrogen-bond donors (Lipinski definition) is 2. The number of piperidine rings is 1. The van der Waals surface area contributed by atoms with Crippen molar-refractivity contribution in [2.45, 2.75) is 32.7 Å². The summed E-state index contributed by atoms with van der Waals surface area (Å²) in [6, 6.07) is 8.09. The first-order valence-electron chi connectivity index (χ1n) is 8.01. The van der Waals surface area contributed by atoms with Crippen LogP contribution in [0.15, 0.2) is 24.3 Å². The molecule has 0 aliphatic carbocycles. The molecule has 0 aromatic heterocycles. The van der Waals surface area contributed by atoms with Gasteiger partial charge in [0.05, 0.1) is 0 Å². The van der Waals surface area contributed by atoms with Gasteiger partial charge >= 0.3 is 0 Å². The molecule has 1 saturated heterocycles. The van der Waals surface area contributed by atoms with Crippen LogP contribution >= 0.6 is 12.4 Å². The maximum atomic E-state index is 12.6. The SMILES string of the molecule is CC1(CNS(=O)(=O)N2CCc3ccccc3C2)CCNCC1.Cl. The van der Waals surface area contributed by atoms with Crippen molar-refractivity contribution in [1.82, 2.24) is 14.3 Å². The van der Waals surface area contributed by atoms with Gasteiger partial charge in [0, 0.05) is 19.6 Å². The number of nitrogens with zero attached hydrogens (tertiary/aromatic N) is 1. The molecule has 5 nitrogen and oxygen atoms in total. The van der Waals surface area contributed by atoms with Crippen LogP contribution in [0.4, 0.5) is 0 Å². The van der Waals surface area contributed by atoms with Gasteiger partial charge in [-0.25, -0.2) is 4.72 Å².